The molecular formula is C10H13ClN4O2. The number of hydrogen-bond donors (Lipinski definition) is 3. The van der Waals surface area contributed by atoms with E-state index < -0.39 is 11.8 Å². The molecule has 1 aromatic rings. The number of anilines is 1. The largest absolute Gasteiger partial charge is 0.370 e. The van der Waals surface area contributed by atoms with E-state index in [1.807, 2.05) is 6.92 Å². The van der Waals surface area contributed by atoms with Gasteiger partial charge < -0.3 is 16.4 Å². The van der Waals surface area contributed by atoms with Gasteiger partial charge in [-0.15, -0.1) is 0 Å². The Balaban J connectivity index is 2.81. The molecule has 0 saturated carbocycles. The van der Waals surface area contributed by atoms with Crippen LogP contribution in [0.3, 0.4) is 0 Å². The monoisotopic (exact) mass is 256 g/mol. The zero-order valence-corrected chi connectivity index (χ0v) is 10.0. The number of primary amides is 1. The molecule has 0 aromatic carbocycles. The van der Waals surface area contributed by atoms with Crippen LogP contribution in [0.15, 0.2) is 12.1 Å². The zero-order chi connectivity index (χ0) is 12.8. The van der Waals surface area contributed by atoms with Gasteiger partial charge in [0, 0.05) is 12.1 Å². The Morgan fingerprint density at radius 1 is 1.47 bits per heavy atom. The first-order valence-electron chi connectivity index (χ1n) is 5.01. The van der Waals surface area contributed by atoms with Gasteiger partial charge in [-0.05, 0) is 19.1 Å². The van der Waals surface area contributed by atoms with Crippen molar-refractivity contribution in [3.63, 3.8) is 0 Å². The van der Waals surface area contributed by atoms with E-state index >= 15 is 0 Å². The normalized spacial score (nSPS) is 9.76. The molecule has 0 atom stereocenters. The number of nitrogens with zero attached hydrogens (tertiary/aromatic N) is 1. The van der Waals surface area contributed by atoms with Crippen LogP contribution in [0.2, 0.25) is 5.15 Å². The molecule has 6 nitrogen and oxygen atoms in total. The van der Waals surface area contributed by atoms with Gasteiger partial charge >= 0.3 is 0 Å². The molecule has 0 aliphatic heterocycles. The fourth-order valence-electron chi connectivity index (χ4n) is 1.17. The van der Waals surface area contributed by atoms with Crippen LogP contribution >= 0.6 is 11.6 Å². The first kappa shape index (κ1) is 13.2. The minimum atomic E-state index is -0.606. The summed E-state index contributed by atoms with van der Waals surface area (Å²) in [6.45, 7) is 2.35. The summed E-state index contributed by atoms with van der Waals surface area (Å²) in [4.78, 5) is 26.1. The number of carbonyl (C=O) groups is 2. The van der Waals surface area contributed by atoms with Crippen molar-refractivity contribution in [2.45, 2.75) is 6.92 Å². The van der Waals surface area contributed by atoms with Crippen molar-refractivity contribution in [1.82, 2.24) is 10.3 Å². The van der Waals surface area contributed by atoms with Gasteiger partial charge in [-0.2, -0.15) is 0 Å². The van der Waals surface area contributed by atoms with Crippen LogP contribution in [0.25, 0.3) is 0 Å². The van der Waals surface area contributed by atoms with Crippen molar-refractivity contribution in [2.75, 3.05) is 18.4 Å². The standard InChI is InChI=1S/C10H13ClN4O2/c1-2-13-9-4-6(3-7(11)15-9)10(17)14-5-8(12)16/h3-4H,2,5H2,1H3,(H2,12,16)(H,13,15)(H,14,17). The maximum Gasteiger partial charge on any atom is 0.251 e. The van der Waals surface area contributed by atoms with Crippen LogP contribution < -0.4 is 16.4 Å². The Kier molecular flexibility index (Phi) is 4.71. The van der Waals surface area contributed by atoms with Gasteiger partial charge in [-0.3, -0.25) is 9.59 Å². The third-order valence-electron chi connectivity index (χ3n) is 1.84. The second-order valence-corrected chi connectivity index (χ2v) is 3.63. The Morgan fingerprint density at radius 3 is 2.76 bits per heavy atom. The topological polar surface area (TPSA) is 97.1 Å². The van der Waals surface area contributed by atoms with Crippen LogP contribution in [-0.4, -0.2) is 29.9 Å². The molecule has 1 heterocycles. The average Bonchev–Trinajstić information content (AvgIpc) is 2.25. The van der Waals surface area contributed by atoms with Crippen molar-refractivity contribution < 1.29 is 9.59 Å². The number of nitrogens with one attached hydrogen (secondary N) is 2. The van der Waals surface area contributed by atoms with E-state index in [1.165, 1.54) is 6.07 Å². The minimum absolute atomic E-state index is 0.202. The van der Waals surface area contributed by atoms with Crippen LogP contribution in [0.4, 0.5) is 5.82 Å². The molecule has 1 aromatic heterocycles. The Bertz CT molecular complexity index is 436. The van der Waals surface area contributed by atoms with Gasteiger partial charge in [-0.1, -0.05) is 11.6 Å². The fourth-order valence-corrected chi connectivity index (χ4v) is 1.38. The van der Waals surface area contributed by atoms with E-state index in [0.717, 1.165) is 0 Å². The second kappa shape index (κ2) is 6.05. The highest BCUT2D eigenvalue weighted by Crippen LogP contribution is 2.14. The number of nitrogens with two attached hydrogens (primary N) is 1. The van der Waals surface area contributed by atoms with Gasteiger partial charge in [0.2, 0.25) is 5.91 Å². The summed E-state index contributed by atoms with van der Waals surface area (Å²) in [6, 6.07) is 2.96. The highest BCUT2D eigenvalue weighted by Gasteiger charge is 2.09. The number of pyridine rings is 1. The van der Waals surface area contributed by atoms with Crippen molar-refractivity contribution in [3.8, 4) is 0 Å². The van der Waals surface area contributed by atoms with Gasteiger partial charge in [0.1, 0.15) is 11.0 Å². The maximum absolute atomic E-state index is 11.6. The molecular weight excluding hydrogens is 244 g/mol. The molecule has 0 radical (unpaired) electrons. The fraction of sp³-hybridized carbons (Fsp3) is 0.300. The molecule has 7 heteroatoms. The number of hydrogen-bond acceptors (Lipinski definition) is 4. The van der Waals surface area contributed by atoms with Crippen LogP contribution in [0.5, 0.6) is 0 Å². The van der Waals surface area contributed by atoms with E-state index in [2.05, 4.69) is 15.6 Å². The predicted molar refractivity (Wildman–Crippen MR) is 64.9 cm³/mol. The summed E-state index contributed by atoms with van der Waals surface area (Å²) in [7, 11) is 0. The minimum Gasteiger partial charge on any atom is -0.370 e. The van der Waals surface area contributed by atoms with Crippen LogP contribution in [-0.2, 0) is 4.79 Å². The second-order valence-electron chi connectivity index (χ2n) is 3.24. The van der Waals surface area contributed by atoms with Crippen LogP contribution in [0, 0.1) is 0 Å². The highest BCUT2D eigenvalue weighted by atomic mass is 35.5. The number of carbonyl (C=O) groups excluding carboxylic acids is 2. The Labute approximate surface area is 104 Å². The van der Waals surface area contributed by atoms with E-state index in [1.54, 1.807) is 6.07 Å². The molecule has 0 saturated heterocycles. The summed E-state index contributed by atoms with van der Waals surface area (Å²) in [5.41, 5.74) is 5.24. The third kappa shape index (κ3) is 4.28. The SMILES string of the molecule is CCNc1cc(C(=O)NCC(N)=O)cc(Cl)n1. The van der Waals surface area contributed by atoms with Crippen molar-refractivity contribution in [2.24, 2.45) is 5.73 Å². The lowest BCUT2D eigenvalue weighted by molar-refractivity contribution is -0.117. The first-order valence-corrected chi connectivity index (χ1v) is 5.38. The third-order valence-corrected chi connectivity index (χ3v) is 2.03. The van der Waals surface area contributed by atoms with Gasteiger partial charge in [-0.25, -0.2) is 4.98 Å². The van der Waals surface area contributed by atoms with Crippen LogP contribution in [0.1, 0.15) is 17.3 Å². The lowest BCUT2D eigenvalue weighted by Gasteiger charge is -2.07. The van der Waals surface area contributed by atoms with E-state index in [9.17, 15) is 9.59 Å². The summed E-state index contributed by atoms with van der Waals surface area (Å²) in [6.07, 6.45) is 0. The molecule has 0 aliphatic rings. The molecule has 92 valence electrons. The molecule has 0 aliphatic carbocycles. The summed E-state index contributed by atoms with van der Waals surface area (Å²) in [5.74, 6) is -0.526. The maximum atomic E-state index is 11.6. The van der Waals surface area contributed by atoms with Gasteiger partial charge in [0.05, 0.1) is 6.54 Å². The smallest absolute Gasteiger partial charge is 0.251 e. The molecule has 0 fully saturated rings. The number of aromatic nitrogens is 1. The molecule has 0 spiro atoms. The Hall–Kier alpha value is -1.82. The molecule has 0 bridgehead atoms. The number of amides is 2. The van der Waals surface area contributed by atoms with Crippen molar-refractivity contribution in [3.05, 3.63) is 22.8 Å². The summed E-state index contributed by atoms with van der Waals surface area (Å²) in [5, 5.41) is 5.51. The Morgan fingerprint density at radius 2 is 2.18 bits per heavy atom. The molecule has 1 rings (SSSR count). The van der Waals surface area contributed by atoms with Gasteiger partial charge in [0.15, 0.2) is 0 Å². The van der Waals surface area contributed by atoms with Gasteiger partial charge in [0.25, 0.3) is 5.91 Å². The average molecular weight is 257 g/mol. The van der Waals surface area contributed by atoms with Crippen molar-refractivity contribution >= 4 is 29.2 Å². The number of rotatable bonds is 5. The molecule has 0 unspecified atom stereocenters. The van der Waals surface area contributed by atoms with E-state index in [0.29, 0.717) is 17.9 Å². The number of halogens is 1. The first-order chi connectivity index (χ1) is 8.02. The lowest BCUT2D eigenvalue weighted by atomic mass is 10.2. The lowest BCUT2D eigenvalue weighted by Crippen LogP contribution is -2.33. The predicted octanol–water partition coefficient (Wildman–Crippen LogP) is 0.382. The van der Waals surface area contributed by atoms with E-state index in [-0.39, 0.29) is 11.7 Å². The summed E-state index contributed by atoms with van der Waals surface area (Å²) < 4.78 is 0. The van der Waals surface area contributed by atoms with Crippen molar-refractivity contribution in [1.29, 1.82) is 0 Å². The molecule has 2 amide bonds. The molecule has 17 heavy (non-hydrogen) atoms. The van der Waals surface area contributed by atoms with E-state index in [4.69, 9.17) is 17.3 Å². The highest BCUT2D eigenvalue weighted by molar-refractivity contribution is 6.29. The summed E-state index contributed by atoms with van der Waals surface area (Å²) >= 11 is 5.77. The molecule has 4 N–H and O–H groups in total. The zero-order valence-electron chi connectivity index (χ0n) is 9.29. The quantitative estimate of drug-likeness (QED) is 0.664.